The molecule has 12 heteroatoms. The Labute approximate surface area is 238 Å². The summed E-state index contributed by atoms with van der Waals surface area (Å²) in [5, 5.41) is 48.4. The van der Waals surface area contributed by atoms with Crippen LogP contribution in [0.2, 0.25) is 0 Å². The van der Waals surface area contributed by atoms with Crippen LogP contribution in [0.4, 0.5) is 5.69 Å². The third-order valence-electron chi connectivity index (χ3n) is 8.38. The number of likely N-dealkylation sites (N-methyl/N-ethyl adjacent to an activating group) is 1. The number of Topliss-reactive ketones (excluding diaryl/α,β-unsaturated/α-hetero) is 2. The Bertz CT molecular complexity index is 1430. The second-order valence-corrected chi connectivity index (χ2v) is 12.5. The van der Waals surface area contributed by atoms with Gasteiger partial charge in [0.1, 0.15) is 22.8 Å². The molecule has 0 saturated heterocycles. The van der Waals surface area contributed by atoms with E-state index in [1.165, 1.54) is 4.90 Å². The summed E-state index contributed by atoms with van der Waals surface area (Å²) in [6, 6.07) is 0.555. The van der Waals surface area contributed by atoms with E-state index < -0.39 is 63.5 Å². The molecule has 1 fully saturated rings. The highest BCUT2D eigenvalue weighted by Gasteiger charge is 2.64. The fourth-order valence-electron chi connectivity index (χ4n) is 6.32. The fraction of sp³-hybridized carbons (Fsp3) is 0.517. The number of benzene rings is 1. The van der Waals surface area contributed by atoms with Gasteiger partial charge in [-0.2, -0.15) is 0 Å². The Morgan fingerprint density at radius 3 is 2.24 bits per heavy atom. The van der Waals surface area contributed by atoms with Gasteiger partial charge in [-0.25, -0.2) is 0 Å². The van der Waals surface area contributed by atoms with Crippen LogP contribution in [0.1, 0.15) is 43.9 Å². The van der Waals surface area contributed by atoms with Gasteiger partial charge in [-0.3, -0.25) is 24.1 Å². The normalized spacial score (nSPS) is 26.0. The van der Waals surface area contributed by atoms with E-state index in [0.29, 0.717) is 16.8 Å². The zero-order chi connectivity index (χ0) is 30.9. The van der Waals surface area contributed by atoms with Crippen LogP contribution in [-0.2, 0) is 32.1 Å². The highest BCUT2D eigenvalue weighted by molar-refractivity contribution is 6.24. The Kier molecular flexibility index (Phi) is 7.24. The van der Waals surface area contributed by atoms with Crippen LogP contribution in [0.5, 0.6) is 5.75 Å². The number of carbonyl (C=O) groups is 4. The number of hydrogen-bond acceptors (Lipinski definition) is 10. The molecule has 0 radical (unpaired) electrons. The highest BCUT2D eigenvalue weighted by atomic mass is 16.3. The van der Waals surface area contributed by atoms with E-state index in [1.807, 2.05) is 0 Å². The van der Waals surface area contributed by atoms with Gasteiger partial charge in [0.05, 0.1) is 11.6 Å². The minimum absolute atomic E-state index is 0.00276. The first-order chi connectivity index (χ1) is 18.8. The SMILES string of the molecule is CN(C)c1cc(CNC(=O)C(C)(C)C)c(O)c2c1C[C@@H]1C[C@@H]3[C@@H](N(C)C)C(=O)C(C(N)=O)=C(O)[C@]3(O)C(=O)C1=C2O. The number of carbonyl (C=O) groups excluding carboxylic acids is 4. The Balaban J connectivity index is 1.92. The average Bonchev–Trinajstić information content (AvgIpc) is 2.84. The molecule has 0 aromatic heterocycles. The molecule has 4 rings (SSSR count). The second kappa shape index (κ2) is 9.88. The number of aromatic hydroxyl groups is 1. The van der Waals surface area contributed by atoms with Crippen molar-refractivity contribution in [1.29, 1.82) is 0 Å². The minimum atomic E-state index is -2.71. The maximum atomic E-state index is 14.0. The van der Waals surface area contributed by atoms with E-state index in [4.69, 9.17) is 5.73 Å². The number of nitrogens with one attached hydrogen (secondary N) is 1. The molecule has 1 saturated carbocycles. The molecule has 2 amide bonds. The van der Waals surface area contributed by atoms with Crippen LogP contribution >= 0.6 is 0 Å². The molecule has 7 N–H and O–H groups in total. The van der Waals surface area contributed by atoms with Gasteiger partial charge in [0.15, 0.2) is 11.4 Å². The van der Waals surface area contributed by atoms with Crippen LogP contribution in [0.3, 0.4) is 0 Å². The number of ketones is 2. The molecule has 222 valence electrons. The average molecular weight is 571 g/mol. The predicted octanol–water partition coefficient (Wildman–Crippen LogP) is 0.692. The van der Waals surface area contributed by atoms with Crippen LogP contribution in [0.25, 0.3) is 5.76 Å². The number of hydrogen-bond donors (Lipinski definition) is 6. The molecule has 0 unspecified atom stereocenters. The predicted molar refractivity (Wildman–Crippen MR) is 150 cm³/mol. The quantitative estimate of drug-likeness (QED) is 0.274. The topological polar surface area (TPSA) is 194 Å². The summed E-state index contributed by atoms with van der Waals surface area (Å²) in [6.45, 7) is 5.18. The Morgan fingerprint density at radius 1 is 1.12 bits per heavy atom. The van der Waals surface area contributed by atoms with Crippen molar-refractivity contribution in [1.82, 2.24) is 10.2 Å². The summed E-state index contributed by atoms with van der Waals surface area (Å²) in [5.74, 6) is -7.30. The van der Waals surface area contributed by atoms with Crippen molar-refractivity contribution in [3.63, 3.8) is 0 Å². The van der Waals surface area contributed by atoms with E-state index in [1.54, 1.807) is 59.9 Å². The molecule has 4 atom stereocenters. The van der Waals surface area contributed by atoms with Crippen molar-refractivity contribution < 1.29 is 39.6 Å². The zero-order valence-electron chi connectivity index (χ0n) is 24.3. The molecule has 0 bridgehead atoms. The van der Waals surface area contributed by atoms with Gasteiger partial charge in [-0.05, 0) is 44.5 Å². The maximum absolute atomic E-state index is 14.0. The van der Waals surface area contributed by atoms with Crippen LogP contribution in [0, 0.1) is 17.3 Å². The second-order valence-electron chi connectivity index (χ2n) is 12.5. The summed E-state index contributed by atoms with van der Waals surface area (Å²) in [5.41, 5.74) is 2.35. The first-order valence-corrected chi connectivity index (χ1v) is 13.3. The molecule has 0 aliphatic heterocycles. The number of amides is 2. The number of nitrogens with zero attached hydrogens (tertiary/aromatic N) is 2. The van der Waals surface area contributed by atoms with Gasteiger partial charge in [0, 0.05) is 48.8 Å². The monoisotopic (exact) mass is 570 g/mol. The molecular weight excluding hydrogens is 532 g/mol. The summed E-state index contributed by atoms with van der Waals surface area (Å²) in [4.78, 5) is 55.2. The summed E-state index contributed by atoms with van der Waals surface area (Å²) < 4.78 is 0. The summed E-state index contributed by atoms with van der Waals surface area (Å²) in [7, 11) is 6.66. The first-order valence-electron chi connectivity index (χ1n) is 13.3. The van der Waals surface area contributed by atoms with E-state index in [9.17, 15) is 39.6 Å². The number of nitrogens with two attached hydrogens (primary N) is 1. The standard InChI is InChI=1S/C29H38N4O8/c1-28(2,3)27(40)31-11-13-10-16(32(4)5)14-8-12-9-15-20(33(6)7)23(36)19(26(30)39)25(38)29(15,41)24(37)17(12)22(35)18(14)21(13)34/h10,12,15,20,34-35,38,41H,8-9,11H2,1-7H3,(H2,30,39)(H,31,40)/t12-,15-,20-,29-/m1/s1. The Morgan fingerprint density at radius 2 is 1.73 bits per heavy atom. The number of phenols is 1. The van der Waals surface area contributed by atoms with Crippen molar-refractivity contribution >= 4 is 34.8 Å². The van der Waals surface area contributed by atoms with Gasteiger partial charge in [0.2, 0.25) is 11.7 Å². The van der Waals surface area contributed by atoms with Crippen molar-refractivity contribution in [2.45, 2.75) is 51.8 Å². The highest BCUT2D eigenvalue weighted by Crippen LogP contribution is 2.54. The lowest BCUT2D eigenvalue weighted by Gasteiger charge is -2.50. The number of rotatable bonds is 5. The van der Waals surface area contributed by atoms with Gasteiger partial charge < -0.3 is 36.4 Å². The van der Waals surface area contributed by atoms with E-state index in [2.05, 4.69) is 5.32 Å². The lowest BCUT2D eigenvalue weighted by atomic mass is 9.57. The number of fused-ring (bicyclic) bond motifs is 3. The number of anilines is 1. The molecule has 3 aliphatic carbocycles. The first kappa shape index (κ1) is 30.1. The van der Waals surface area contributed by atoms with Crippen LogP contribution in [-0.4, -0.2) is 88.5 Å². The van der Waals surface area contributed by atoms with Crippen molar-refractivity contribution in [2.75, 3.05) is 33.1 Å². The van der Waals surface area contributed by atoms with Gasteiger partial charge in [-0.1, -0.05) is 20.8 Å². The minimum Gasteiger partial charge on any atom is -0.508 e. The summed E-state index contributed by atoms with van der Waals surface area (Å²) >= 11 is 0. The lowest BCUT2D eigenvalue weighted by Crippen LogP contribution is -2.65. The molecule has 0 heterocycles. The smallest absolute Gasteiger partial charge is 0.255 e. The molecule has 1 aromatic carbocycles. The largest absolute Gasteiger partial charge is 0.508 e. The number of phenolic OH excluding ortho intramolecular Hbond substituents is 1. The van der Waals surface area contributed by atoms with Crippen LogP contribution < -0.4 is 16.0 Å². The summed E-state index contributed by atoms with van der Waals surface area (Å²) in [6.07, 6.45) is 0.174. The Hall–Kier alpha value is -3.90. The molecule has 41 heavy (non-hydrogen) atoms. The van der Waals surface area contributed by atoms with Crippen molar-refractivity contribution in [3.05, 3.63) is 39.7 Å². The third kappa shape index (κ3) is 4.45. The van der Waals surface area contributed by atoms with Crippen molar-refractivity contribution in [2.24, 2.45) is 23.0 Å². The van der Waals surface area contributed by atoms with Gasteiger partial charge >= 0.3 is 0 Å². The van der Waals surface area contributed by atoms with E-state index >= 15 is 0 Å². The van der Waals surface area contributed by atoms with E-state index in [-0.39, 0.29) is 42.2 Å². The van der Waals surface area contributed by atoms with Gasteiger partial charge in [-0.15, -0.1) is 0 Å². The van der Waals surface area contributed by atoms with E-state index in [0.717, 1.165) is 0 Å². The fourth-order valence-corrected chi connectivity index (χ4v) is 6.32. The lowest BCUT2D eigenvalue weighted by molar-refractivity contribution is -0.153. The number of aliphatic hydroxyl groups is 3. The molecule has 3 aliphatic rings. The molecule has 0 spiro atoms. The molecule has 1 aromatic rings. The number of primary amides is 1. The van der Waals surface area contributed by atoms with Crippen LogP contribution in [0.15, 0.2) is 23.0 Å². The van der Waals surface area contributed by atoms with Crippen molar-refractivity contribution in [3.8, 4) is 5.75 Å². The molecule has 12 nitrogen and oxygen atoms in total. The maximum Gasteiger partial charge on any atom is 0.255 e. The number of aliphatic hydroxyl groups excluding tert-OH is 2. The third-order valence-corrected chi connectivity index (χ3v) is 8.38. The zero-order valence-corrected chi connectivity index (χ0v) is 24.3. The molecular formula is C29H38N4O8. The van der Waals surface area contributed by atoms with Gasteiger partial charge in [0.25, 0.3) is 5.91 Å².